The van der Waals surface area contributed by atoms with Gasteiger partial charge in [0, 0.05) is 10.8 Å². The van der Waals surface area contributed by atoms with Crippen LogP contribution in [0.1, 0.15) is 13.8 Å². The average molecular weight is 190 g/mol. The van der Waals surface area contributed by atoms with Gasteiger partial charge in [-0.3, -0.25) is 0 Å². The molecule has 2 nitrogen and oxygen atoms in total. The maximum Gasteiger partial charge on any atom is 0.123 e. The lowest BCUT2D eigenvalue weighted by Gasteiger charge is -2.01. The fourth-order valence-corrected chi connectivity index (χ4v) is 1.27. The first-order chi connectivity index (χ1) is 6.79. The van der Waals surface area contributed by atoms with Crippen molar-refractivity contribution in [2.24, 2.45) is 0 Å². The zero-order chi connectivity index (χ0) is 10.6. The molecule has 14 heavy (non-hydrogen) atoms. The van der Waals surface area contributed by atoms with Gasteiger partial charge >= 0.3 is 0 Å². The van der Waals surface area contributed by atoms with Crippen LogP contribution in [0.5, 0.6) is 11.5 Å². The molecule has 0 saturated carbocycles. The Morgan fingerprint density at radius 1 is 0.714 bits per heavy atom. The van der Waals surface area contributed by atoms with E-state index in [1.807, 2.05) is 26.0 Å². The van der Waals surface area contributed by atoms with E-state index in [9.17, 15) is 10.2 Å². The Morgan fingerprint density at radius 2 is 1.07 bits per heavy atom. The van der Waals surface area contributed by atoms with Gasteiger partial charge in [0.2, 0.25) is 0 Å². The number of phenolic OH excluding ortho intramolecular Hbond substituents is 2. The summed E-state index contributed by atoms with van der Waals surface area (Å²) in [5.41, 5.74) is 0. The summed E-state index contributed by atoms with van der Waals surface area (Å²) >= 11 is 0. The Kier molecular flexibility index (Phi) is 3.35. The number of benzene rings is 2. The molecule has 0 radical (unpaired) electrons. The third-order valence-electron chi connectivity index (χ3n) is 1.88. The molecule has 2 aromatic rings. The molecule has 0 aromatic heterocycles. The van der Waals surface area contributed by atoms with Crippen LogP contribution in [0.4, 0.5) is 0 Å². The topological polar surface area (TPSA) is 40.5 Å². The van der Waals surface area contributed by atoms with Crippen molar-refractivity contribution in [2.75, 3.05) is 0 Å². The second-order valence-electron chi connectivity index (χ2n) is 2.65. The van der Waals surface area contributed by atoms with Crippen LogP contribution in [0.15, 0.2) is 36.4 Å². The molecule has 0 fully saturated rings. The van der Waals surface area contributed by atoms with Crippen LogP contribution in [-0.2, 0) is 0 Å². The lowest BCUT2D eigenvalue weighted by Crippen LogP contribution is -1.73. The van der Waals surface area contributed by atoms with Crippen LogP contribution >= 0.6 is 0 Å². The standard InChI is InChI=1S/C10H8O2.C2H6/c11-9-5-6-10(12)8-4-2-1-3-7(8)9;1-2/h1-6,11-12H;1-2H3. The lowest BCUT2D eigenvalue weighted by molar-refractivity contribution is 0.469. The molecule has 2 rings (SSSR count). The number of hydrogen-bond donors (Lipinski definition) is 2. The minimum absolute atomic E-state index is 0.198. The van der Waals surface area contributed by atoms with Crippen LogP contribution < -0.4 is 0 Å². The van der Waals surface area contributed by atoms with Gasteiger partial charge in [0.25, 0.3) is 0 Å². The van der Waals surface area contributed by atoms with E-state index < -0.39 is 0 Å². The SMILES string of the molecule is CC.Oc1ccc(O)c2ccccc12. The van der Waals surface area contributed by atoms with Crippen LogP contribution in [0.3, 0.4) is 0 Å². The molecule has 0 heterocycles. The van der Waals surface area contributed by atoms with Gasteiger partial charge in [0.1, 0.15) is 11.5 Å². The quantitative estimate of drug-likeness (QED) is 0.626. The van der Waals surface area contributed by atoms with E-state index in [1.165, 1.54) is 12.1 Å². The number of phenols is 2. The summed E-state index contributed by atoms with van der Waals surface area (Å²) < 4.78 is 0. The van der Waals surface area contributed by atoms with E-state index in [-0.39, 0.29) is 11.5 Å². The van der Waals surface area contributed by atoms with Gasteiger partial charge in [0.15, 0.2) is 0 Å². The normalized spacial score (nSPS) is 9.29. The fourth-order valence-electron chi connectivity index (χ4n) is 1.27. The summed E-state index contributed by atoms with van der Waals surface area (Å²) in [5, 5.41) is 20.1. The molecule has 0 amide bonds. The van der Waals surface area contributed by atoms with E-state index in [0.29, 0.717) is 10.8 Å². The summed E-state index contributed by atoms with van der Waals surface area (Å²) in [6, 6.07) is 10.1. The van der Waals surface area contributed by atoms with Gasteiger partial charge in [-0.2, -0.15) is 0 Å². The minimum atomic E-state index is 0.198. The number of hydrogen-bond acceptors (Lipinski definition) is 2. The smallest absolute Gasteiger partial charge is 0.123 e. The van der Waals surface area contributed by atoms with Crippen molar-refractivity contribution < 1.29 is 10.2 Å². The van der Waals surface area contributed by atoms with Crippen molar-refractivity contribution >= 4 is 10.8 Å². The highest BCUT2D eigenvalue weighted by molar-refractivity contribution is 5.92. The molecule has 2 N–H and O–H groups in total. The Hall–Kier alpha value is -1.70. The molecule has 0 saturated heterocycles. The number of rotatable bonds is 0. The monoisotopic (exact) mass is 190 g/mol. The van der Waals surface area contributed by atoms with E-state index in [4.69, 9.17) is 0 Å². The maximum absolute atomic E-state index is 9.38. The molecule has 0 bridgehead atoms. The van der Waals surface area contributed by atoms with Crippen molar-refractivity contribution in [2.45, 2.75) is 13.8 Å². The van der Waals surface area contributed by atoms with Crippen molar-refractivity contribution in [3.8, 4) is 11.5 Å². The second-order valence-corrected chi connectivity index (χ2v) is 2.65. The van der Waals surface area contributed by atoms with E-state index >= 15 is 0 Å². The number of fused-ring (bicyclic) bond motifs is 1. The Bertz CT molecular complexity index is 381. The number of aromatic hydroxyl groups is 2. The van der Waals surface area contributed by atoms with Crippen LogP contribution in [0.25, 0.3) is 10.8 Å². The molecule has 2 aromatic carbocycles. The predicted molar refractivity (Wildman–Crippen MR) is 58.6 cm³/mol. The van der Waals surface area contributed by atoms with E-state index in [0.717, 1.165) is 0 Å². The molecular weight excluding hydrogens is 176 g/mol. The molecule has 74 valence electrons. The first-order valence-corrected chi connectivity index (χ1v) is 4.69. The minimum Gasteiger partial charge on any atom is -0.507 e. The summed E-state index contributed by atoms with van der Waals surface area (Å²) in [6.45, 7) is 4.00. The zero-order valence-electron chi connectivity index (χ0n) is 8.36. The molecule has 0 aliphatic heterocycles. The first-order valence-electron chi connectivity index (χ1n) is 4.69. The van der Waals surface area contributed by atoms with Gasteiger partial charge in [-0.05, 0) is 12.1 Å². The summed E-state index contributed by atoms with van der Waals surface area (Å²) in [6.07, 6.45) is 0. The third kappa shape index (κ3) is 1.79. The van der Waals surface area contributed by atoms with Gasteiger partial charge in [-0.25, -0.2) is 0 Å². The Labute approximate surface area is 83.4 Å². The lowest BCUT2D eigenvalue weighted by atomic mass is 10.1. The van der Waals surface area contributed by atoms with E-state index in [1.54, 1.807) is 12.1 Å². The van der Waals surface area contributed by atoms with Crippen LogP contribution in [0, 0.1) is 0 Å². The van der Waals surface area contributed by atoms with Crippen molar-refractivity contribution in [3.05, 3.63) is 36.4 Å². The van der Waals surface area contributed by atoms with Gasteiger partial charge in [-0.1, -0.05) is 38.1 Å². The maximum atomic E-state index is 9.38. The third-order valence-corrected chi connectivity index (χ3v) is 1.88. The molecule has 0 aliphatic rings. The van der Waals surface area contributed by atoms with Crippen molar-refractivity contribution in [1.29, 1.82) is 0 Å². The summed E-state index contributed by atoms with van der Waals surface area (Å²) in [4.78, 5) is 0. The highest BCUT2D eigenvalue weighted by Crippen LogP contribution is 2.30. The Morgan fingerprint density at radius 3 is 1.43 bits per heavy atom. The van der Waals surface area contributed by atoms with Crippen LogP contribution in [-0.4, -0.2) is 10.2 Å². The fraction of sp³-hybridized carbons (Fsp3) is 0.167. The van der Waals surface area contributed by atoms with Crippen molar-refractivity contribution in [3.63, 3.8) is 0 Å². The largest absolute Gasteiger partial charge is 0.507 e. The highest BCUT2D eigenvalue weighted by Gasteiger charge is 2.01. The molecule has 0 aliphatic carbocycles. The summed E-state index contributed by atoms with van der Waals surface area (Å²) in [7, 11) is 0. The summed E-state index contributed by atoms with van der Waals surface area (Å²) in [5.74, 6) is 0.395. The van der Waals surface area contributed by atoms with E-state index in [2.05, 4.69) is 0 Å². The zero-order valence-corrected chi connectivity index (χ0v) is 8.36. The second kappa shape index (κ2) is 4.51. The predicted octanol–water partition coefficient (Wildman–Crippen LogP) is 3.28. The molecule has 0 unspecified atom stereocenters. The van der Waals surface area contributed by atoms with Gasteiger partial charge in [-0.15, -0.1) is 0 Å². The first kappa shape index (κ1) is 10.4. The van der Waals surface area contributed by atoms with Crippen molar-refractivity contribution in [1.82, 2.24) is 0 Å². The van der Waals surface area contributed by atoms with Gasteiger partial charge in [0.05, 0.1) is 0 Å². The molecule has 0 atom stereocenters. The molecular formula is C12H14O2. The average Bonchev–Trinajstić information content (AvgIpc) is 2.27. The van der Waals surface area contributed by atoms with Crippen LogP contribution in [0.2, 0.25) is 0 Å². The highest BCUT2D eigenvalue weighted by atomic mass is 16.3. The Balaban J connectivity index is 0.000000461. The molecule has 0 spiro atoms. The van der Waals surface area contributed by atoms with Gasteiger partial charge < -0.3 is 10.2 Å². The molecule has 2 heteroatoms.